The fourth-order valence-electron chi connectivity index (χ4n) is 2.20. The van der Waals surface area contributed by atoms with Crippen molar-refractivity contribution in [3.8, 4) is 0 Å². The summed E-state index contributed by atoms with van der Waals surface area (Å²) in [6.07, 6.45) is 2.71. The van der Waals surface area contributed by atoms with Gasteiger partial charge in [0.05, 0.1) is 17.2 Å². The number of carbonyl (C=O) groups excluding carboxylic acids is 1. The Morgan fingerprint density at radius 1 is 1.45 bits per heavy atom. The molecule has 0 radical (unpaired) electrons. The van der Waals surface area contributed by atoms with Crippen LogP contribution in [-0.4, -0.2) is 33.4 Å². The van der Waals surface area contributed by atoms with E-state index < -0.39 is 0 Å². The molecule has 1 heterocycles. The molecule has 1 amide bonds. The quantitative estimate of drug-likeness (QED) is 0.818. The van der Waals surface area contributed by atoms with Crippen molar-refractivity contribution in [2.75, 3.05) is 7.05 Å². The van der Waals surface area contributed by atoms with Crippen LogP contribution < -0.4 is 5.56 Å². The number of hydrogen-bond acceptors (Lipinski definition) is 3. The fraction of sp³-hybridized carbons (Fsp3) is 0.438. The topological polar surface area (TPSA) is 55.2 Å². The lowest BCUT2D eigenvalue weighted by atomic mass is 10.2. The van der Waals surface area contributed by atoms with Crippen LogP contribution in [-0.2, 0) is 11.3 Å². The van der Waals surface area contributed by atoms with Crippen molar-refractivity contribution in [2.24, 2.45) is 0 Å². The third-order valence-electron chi connectivity index (χ3n) is 4.00. The van der Waals surface area contributed by atoms with Crippen molar-refractivity contribution < 1.29 is 4.79 Å². The lowest BCUT2D eigenvalue weighted by Crippen LogP contribution is -2.35. The molecule has 0 bridgehead atoms. The minimum Gasteiger partial charge on any atom is -0.343 e. The van der Waals surface area contributed by atoms with E-state index in [0.717, 1.165) is 10.9 Å². The number of carbonyl (C=O) groups is 1. The summed E-state index contributed by atoms with van der Waals surface area (Å²) in [5, 5.41) is 0.555. The first-order chi connectivity index (χ1) is 10.4. The van der Waals surface area contributed by atoms with E-state index in [1.807, 2.05) is 19.9 Å². The van der Waals surface area contributed by atoms with Crippen molar-refractivity contribution in [3.63, 3.8) is 0 Å². The Balaban J connectivity index is 2.17. The molecule has 0 saturated carbocycles. The van der Waals surface area contributed by atoms with Gasteiger partial charge < -0.3 is 4.90 Å². The molecule has 0 aliphatic carbocycles. The number of hydrogen-bond donors (Lipinski definition) is 0. The summed E-state index contributed by atoms with van der Waals surface area (Å²) in [5.41, 5.74) is 0.540. The van der Waals surface area contributed by atoms with Crippen LogP contribution in [0.1, 0.15) is 26.7 Å². The molecule has 5 nitrogen and oxygen atoms in total. The number of rotatable bonds is 5. The second-order valence-corrected chi connectivity index (χ2v) is 6.33. The van der Waals surface area contributed by atoms with Crippen molar-refractivity contribution in [1.29, 1.82) is 0 Å². The molecular formula is C16H20BrN3O2. The largest absolute Gasteiger partial charge is 0.343 e. The van der Waals surface area contributed by atoms with Crippen molar-refractivity contribution in [1.82, 2.24) is 14.5 Å². The Hall–Kier alpha value is -1.69. The van der Waals surface area contributed by atoms with E-state index in [1.165, 1.54) is 10.9 Å². The predicted octanol–water partition coefficient (Wildman–Crippen LogP) is 2.81. The number of nitrogens with zero attached hydrogens (tertiary/aromatic N) is 3. The van der Waals surface area contributed by atoms with Crippen LogP contribution in [0.2, 0.25) is 0 Å². The Labute approximate surface area is 138 Å². The second-order valence-electron chi connectivity index (χ2n) is 5.42. The molecule has 0 fully saturated rings. The summed E-state index contributed by atoms with van der Waals surface area (Å²) in [6, 6.07) is 5.61. The maximum absolute atomic E-state index is 12.4. The zero-order valence-electron chi connectivity index (χ0n) is 13.0. The van der Waals surface area contributed by atoms with Gasteiger partial charge in [-0.1, -0.05) is 22.9 Å². The first kappa shape index (κ1) is 16.7. The van der Waals surface area contributed by atoms with Crippen LogP contribution >= 0.6 is 15.9 Å². The number of aryl methyl sites for hydroxylation is 1. The summed E-state index contributed by atoms with van der Waals surface area (Å²) >= 11 is 3.36. The van der Waals surface area contributed by atoms with Gasteiger partial charge in [-0.15, -0.1) is 0 Å². The number of aromatic nitrogens is 2. The predicted molar refractivity (Wildman–Crippen MR) is 90.8 cm³/mol. The van der Waals surface area contributed by atoms with Gasteiger partial charge >= 0.3 is 0 Å². The average Bonchev–Trinajstić information content (AvgIpc) is 2.53. The third-order valence-corrected chi connectivity index (χ3v) is 4.49. The molecule has 0 aliphatic rings. The maximum atomic E-state index is 12.4. The molecule has 0 aliphatic heterocycles. The number of fused-ring (bicyclic) bond motifs is 1. The van der Waals surface area contributed by atoms with Gasteiger partial charge in [-0.2, -0.15) is 0 Å². The maximum Gasteiger partial charge on any atom is 0.261 e. The van der Waals surface area contributed by atoms with Crippen LogP contribution in [0.3, 0.4) is 0 Å². The van der Waals surface area contributed by atoms with E-state index in [4.69, 9.17) is 0 Å². The summed E-state index contributed by atoms with van der Waals surface area (Å²) in [6.45, 7) is 4.40. The van der Waals surface area contributed by atoms with Gasteiger partial charge in [0.15, 0.2) is 0 Å². The molecule has 1 atom stereocenters. The normalized spacial score (nSPS) is 12.4. The molecule has 6 heteroatoms. The Bertz CT molecular complexity index is 742. The lowest BCUT2D eigenvalue weighted by Gasteiger charge is -2.23. The van der Waals surface area contributed by atoms with Crippen LogP contribution in [0.5, 0.6) is 0 Å². The molecule has 1 aromatic heterocycles. The van der Waals surface area contributed by atoms with E-state index >= 15 is 0 Å². The van der Waals surface area contributed by atoms with Gasteiger partial charge in [-0.3, -0.25) is 14.2 Å². The summed E-state index contributed by atoms with van der Waals surface area (Å²) in [7, 11) is 1.80. The van der Waals surface area contributed by atoms with Gasteiger partial charge in [0.25, 0.3) is 5.56 Å². The van der Waals surface area contributed by atoms with E-state index in [0.29, 0.717) is 23.9 Å². The highest BCUT2D eigenvalue weighted by atomic mass is 79.9. The summed E-state index contributed by atoms with van der Waals surface area (Å²) in [4.78, 5) is 30.6. The Morgan fingerprint density at radius 3 is 2.86 bits per heavy atom. The minimum absolute atomic E-state index is 0.0376. The van der Waals surface area contributed by atoms with E-state index in [1.54, 1.807) is 24.1 Å². The van der Waals surface area contributed by atoms with Gasteiger partial charge in [0.2, 0.25) is 5.91 Å². The first-order valence-electron chi connectivity index (χ1n) is 7.34. The first-order valence-corrected chi connectivity index (χ1v) is 8.13. The molecule has 22 heavy (non-hydrogen) atoms. The Kier molecular flexibility index (Phi) is 5.34. The summed E-state index contributed by atoms with van der Waals surface area (Å²) in [5.74, 6) is 0.0376. The van der Waals surface area contributed by atoms with Crippen molar-refractivity contribution in [2.45, 2.75) is 39.3 Å². The van der Waals surface area contributed by atoms with E-state index in [2.05, 4.69) is 20.9 Å². The smallest absolute Gasteiger partial charge is 0.261 e. The zero-order valence-corrected chi connectivity index (χ0v) is 14.6. The lowest BCUT2D eigenvalue weighted by molar-refractivity contribution is -0.131. The number of halogens is 1. The molecular weight excluding hydrogens is 346 g/mol. The number of benzene rings is 1. The molecule has 1 unspecified atom stereocenters. The van der Waals surface area contributed by atoms with Gasteiger partial charge in [0.1, 0.15) is 0 Å². The Morgan fingerprint density at radius 2 is 2.18 bits per heavy atom. The zero-order chi connectivity index (χ0) is 16.3. The highest BCUT2D eigenvalue weighted by Crippen LogP contribution is 2.15. The van der Waals surface area contributed by atoms with Crippen LogP contribution in [0, 0.1) is 0 Å². The van der Waals surface area contributed by atoms with E-state index in [9.17, 15) is 9.59 Å². The second kappa shape index (κ2) is 7.05. The SMILES string of the molecule is CCC(C)N(C)C(=O)CCn1cnc2ccc(Br)cc2c1=O. The van der Waals surface area contributed by atoms with Crippen molar-refractivity contribution >= 4 is 32.7 Å². The van der Waals surface area contributed by atoms with Crippen LogP contribution in [0.25, 0.3) is 10.9 Å². The van der Waals surface area contributed by atoms with Crippen LogP contribution in [0.15, 0.2) is 33.8 Å². The third kappa shape index (κ3) is 3.55. The monoisotopic (exact) mass is 365 g/mol. The van der Waals surface area contributed by atoms with Crippen molar-refractivity contribution in [3.05, 3.63) is 39.4 Å². The van der Waals surface area contributed by atoms with Gasteiger partial charge in [0, 0.05) is 30.5 Å². The number of amides is 1. The van der Waals surface area contributed by atoms with Crippen LogP contribution in [0.4, 0.5) is 0 Å². The summed E-state index contributed by atoms with van der Waals surface area (Å²) < 4.78 is 2.33. The highest BCUT2D eigenvalue weighted by Gasteiger charge is 2.14. The molecule has 2 aromatic rings. The molecule has 118 valence electrons. The fourth-order valence-corrected chi connectivity index (χ4v) is 2.56. The highest BCUT2D eigenvalue weighted by molar-refractivity contribution is 9.10. The van der Waals surface area contributed by atoms with Gasteiger partial charge in [-0.05, 0) is 31.5 Å². The molecule has 0 spiro atoms. The molecule has 1 aromatic carbocycles. The van der Waals surface area contributed by atoms with E-state index in [-0.39, 0.29) is 17.5 Å². The molecule has 0 saturated heterocycles. The average molecular weight is 366 g/mol. The molecule has 0 N–H and O–H groups in total. The molecule has 2 rings (SSSR count). The minimum atomic E-state index is -0.120. The standard InChI is InChI=1S/C16H20BrN3O2/c1-4-11(2)19(3)15(21)7-8-20-10-18-14-6-5-12(17)9-13(14)16(20)22/h5-6,9-11H,4,7-8H2,1-3H3. The van der Waals surface area contributed by atoms with Gasteiger partial charge in [-0.25, -0.2) is 4.98 Å².